The Kier molecular flexibility index (Phi) is 8.87. The number of hydrogen-bond donors (Lipinski definition) is 1. The number of esters is 1. The van der Waals surface area contributed by atoms with E-state index in [4.69, 9.17) is 4.74 Å². The second-order valence-corrected chi connectivity index (χ2v) is 13.0. The molecule has 1 aliphatic rings. The van der Waals surface area contributed by atoms with Crippen LogP contribution in [0.25, 0.3) is 22.5 Å². The van der Waals surface area contributed by atoms with E-state index in [9.17, 15) is 9.59 Å². The summed E-state index contributed by atoms with van der Waals surface area (Å²) >= 11 is 4.49. The molecule has 1 amide bonds. The van der Waals surface area contributed by atoms with Crippen LogP contribution in [-0.2, 0) is 28.9 Å². The minimum absolute atomic E-state index is 0.130. The third kappa shape index (κ3) is 5.94. The van der Waals surface area contributed by atoms with Crippen LogP contribution in [0.2, 0.25) is 0 Å². The Hall–Kier alpha value is -3.21. The number of nitrogens with zero attached hydrogens (tertiary/aromatic N) is 3. The maximum Gasteiger partial charge on any atom is 0.341 e. The normalized spacial score (nSPS) is 12.8. The second kappa shape index (κ2) is 12.5. The van der Waals surface area contributed by atoms with Gasteiger partial charge in [0.25, 0.3) is 0 Å². The van der Waals surface area contributed by atoms with E-state index in [2.05, 4.69) is 46.5 Å². The van der Waals surface area contributed by atoms with E-state index in [1.54, 1.807) is 17.4 Å². The molecule has 0 spiro atoms. The Balaban J connectivity index is 1.36. The van der Waals surface area contributed by atoms with E-state index < -0.39 is 0 Å². The molecule has 0 radical (unpaired) electrons. The van der Waals surface area contributed by atoms with Crippen molar-refractivity contribution in [1.82, 2.24) is 14.8 Å². The predicted octanol–water partition coefficient (Wildman–Crippen LogP) is 7.40. The van der Waals surface area contributed by atoms with E-state index in [0.717, 1.165) is 53.8 Å². The smallest absolute Gasteiger partial charge is 0.341 e. The molecule has 5 rings (SSSR count). The quantitative estimate of drug-likeness (QED) is 0.117. The number of carbonyl (C=O) groups is 2. The van der Waals surface area contributed by atoms with Gasteiger partial charge >= 0.3 is 5.97 Å². The molecule has 0 unspecified atom stereocenters. The van der Waals surface area contributed by atoms with Crippen molar-refractivity contribution in [2.75, 3.05) is 11.1 Å². The highest BCUT2D eigenvalue weighted by Crippen LogP contribution is 2.40. The van der Waals surface area contributed by atoms with Gasteiger partial charge in [0.05, 0.1) is 17.4 Å². The van der Waals surface area contributed by atoms with Crippen molar-refractivity contribution < 1.29 is 14.3 Å². The highest BCUT2D eigenvalue weighted by molar-refractivity contribution is 7.99. The van der Waals surface area contributed by atoms with E-state index in [0.29, 0.717) is 22.3 Å². The number of benzene rings is 1. The first-order valence-corrected chi connectivity index (χ1v) is 16.0. The first-order valence-electron chi connectivity index (χ1n) is 13.3. The fourth-order valence-corrected chi connectivity index (χ4v) is 7.81. The zero-order chi connectivity index (χ0) is 28.2. The van der Waals surface area contributed by atoms with E-state index in [1.807, 2.05) is 36.6 Å². The molecule has 208 valence electrons. The Morgan fingerprint density at radius 3 is 2.73 bits per heavy atom. The zero-order valence-electron chi connectivity index (χ0n) is 22.9. The third-order valence-corrected chi connectivity index (χ3v) is 9.70. The molecule has 1 aliphatic carbocycles. The number of allylic oxidation sites excluding steroid dienone is 1. The number of carbonyl (C=O) groups excluding carboxylic acids is 2. The maximum atomic E-state index is 13.1. The van der Waals surface area contributed by atoms with Crippen LogP contribution >= 0.6 is 34.4 Å². The standard InChI is InChI=1S/C30H32N4O3S3/c1-5-15-34-27(22-16-38-19(4)25(22)20-11-7-6-8-12-20)32-33-30(34)39-17-24(35)31-28-26(29(36)37-18(2)3)21-13-9-10-14-23(21)40-28/h5-8,11-12,16,18H,1,9-10,13-15,17H2,2-4H3,(H,31,35). The number of amides is 1. The summed E-state index contributed by atoms with van der Waals surface area (Å²) in [6.45, 7) is 10.2. The number of thioether (sulfide) groups is 1. The number of hydrogen-bond acceptors (Lipinski definition) is 8. The Morgan fingerprint density at radius 2 is 1.98 bits per heavy atom. The molecule has 40 heavy (non-hydrogen) atoms. The number of aryl methyl sites for hydroxylation is 2. The van der Waals surface area contributed by atoms with Gasteiger partial charge < -0.3 is 10.1 Å². The molecule has 0 saturated carbocycles. The lowest BCUT2D eigenvalue weighted by Gasteiger charge is -2.14. The SMILES string of the molecule is C=CCn1c(SCC(=O)Nc2sc3c(c2C(=O)OC(C)C)CCCC3)nnc1-c1csc(C)c1-c1ccccc1. The molecule has 1 aromatic carbocycles. The highest BCUT2D eigenvalue weighted by Gasteiger charge is 2.28. The van der Waals surface area contributed by atoms with Crippen LogP contribution in [0.4, 0.5) is 5.00 Å². The van der Waals surface area contributed by atoms with Crippen LogP contribution in [0.15, 0.2) is 53.5 Å². The summed E-state index contributed by atoms with van der Waals surface area (Å²) in [7, 11) is 0. The van der Waals surface area contributed by atoms with E-state index in [-0.39, 0.29) is 23.7 Å². The van der Waals surface area contributed by atoms with Gasteiger partial charge in [-0.3, -0.25) is 9.36 Å². The largest absolute Gasteiger partial charge is 0.459 e. The lowest BCUT2D eigenvalue weighted by molar-refractivity contribution is -0.113. The number of rotatable bonds is 10. The summed E-state index contributed by atoms with van der Waals surface area (Å²) in [6.07, 6.45) is 5.46. The van der Waals surface area contributed by atoms with Crippen molar-refractivity contribution in [3.05, 3.63) is 69.2 Å². The van der Waals surface area contributed by atoms with Crippen molar-refractivity contribution >= 4 is 51.3 Å². The molecule has 7 nitrogen and oxygen atoms in total. The van der Waals surface area contributed by atoms with Crippen LogP contribution in [0, 0.1) is 6.92 Å². The van der Waals surface area contributed by atoms with Crippen molar-refractivity contribution in [2.45, 2.75) is 64.3 Å². The predicted molar refractivity (Wildman–Crippen MR) is 165 cm³/mol. The van der Waals surface area contributed by atoms with Gasteiger partial charge in [0.1, 0.15) is 5.00 Å². The zero-order valence-corrected chi connectivity index (χ0v) is 25.3. The molecule has 0 bridgehead atoms. The summed E-state index contributed by atoms with van der Waals surface area (Å²) < 4.78 is 7.52. The first-order chi connectivity index (χ1) is 19.4. The summed E-state index contributed by atoms with van der Waals surface area (Å²) in [4.78, 5) is 28.5. The molecule has 3 aromatic heterocycles. The minimum atomic E-state index is -0.368. The van der Waals surface area contributed by atoms with Crippen LogP contribution in [0.5, 0.6) is 0 Å². The molecule has 0 fully saturated rings. The Bertz CT molecular complexity index is 1540. The molecule has 3 heterocycles. The number of aromatic nitrogens is 3. The van der Waals surface area contributed by atoms with Gasteiger partial charge in [-0.1, -0.05) is 48.2 Å². The summed E-state index contributed by atoms with van der Waals surface area (Å²) in [5, 5.41) is 15.3. The van der Waals surface area contributed by atoms with Gasteiger partial charge in [0.2, 0.25) is 5.91 Å². The number of anilines is 1. The van der Waals surface area contributed by atoms with E-state index in [1.165, 1.54) is 32.9 Å². The lowest BCUT2D eigenvalue weighted by atomic mass is 9.95. The van der Waals surface area contributed by atoms with Gasteiger partial charge in [-0.2, -0.15) is 0 Å². The van der Waals surface area contributed by atoms with Gasteiger partial charge in [-0.25, -0.2) is 4.79 Å². The lowest BCUT2D eigenvalue weighted by Crippen LogP contribution is -2.19. The van der Waals surface area contributed by atoms with Crippen molar-refractivity contribution in [2.24, 2.45) is 0 Å². The third-order valence-electron chi connectivity index (χ3n) is 6.61. The first kappa shape index (κ1) is 28.3. The van der Waals surface area contributed by atoms with Crippen LogP contribution < -0.4 is 5.32 Å². The second-order valence-electron chi connectivity index (χ2n) is 9.86. The molecular weight excluding hydrogens is 561 g/mol. The molecular formula is C30H32N4O3S3. The Labute approximate surface area is 246 Å². The molecule has 10 heteroatoms. The topological polar surface area (TPSA) is 86.1 Å². The fraction of sp³-hybridized carbons (Fsp3) is 0.333. The number of ether oxygens (including phenoxy) is 1. The fourth-order valence-electron chi connectivity index (χ4n) is 4.91. The van der Waals surface area contributed by atoms with Crippen molar-refractivity contribution in [3.8, 4) is 22.5 Å². The number of thiophene rings is 2. The number of fused-ring (bicyclic) bond motifs is 1. The molecule has 1 N–H and O–H groups in total. The van der Waals surface area contributed by atoms with E-state index >= 15 is 0 Å². The van der Waals surface area contributed by atoms with Gasteiger partial charge in [-0.05, 0) is 57.6 Å². The van der Waals surface area contributed by atoms with Gasteiger partial charge in [-0.15, -0.1) is 39.4 Å². The Morgan fingerprint density at radius 1 is 1.20 bits per heavy atom. The average Bonchev–Trinajstić information content (AvgIpc) is 3.62. The van der Waals surface area contributed by atoms with Gasteiger partial charge in [0.15, 0.2) is 11.0 Å². The molecule has 4 aromatic rings. The number of nitrogens with one attached hydrogen (secondary N) is 1. The molecule has 0 aliphatic heterocycles. The minimum Gasteiger partial charge on any atom is -0.459 e. The summed E-state index contributed by atoms with van der Waals surface area (Å²) in [5.41, 5.74) is 4.82. The summed E-state index contributed by atoms with van der Waals surface area (Å²) in [5.74, 6) is 0.307. The van der Waals surface area contributed by atoms with Crippen LogP contribution in [-0.4, -0.2) is 38.5 Å². The molecule has 0 atom stereocenters. The van der Waals surface area contributed by atoms with Crippen LogP contribution in [0.1, 0.15) is 52.4 Å². The van der Waals surface area contributed by atoms with Crippen molar-refractivity contribution in [1.29, 1.82) is 0 Å². The average molecular weight is 593 g/mol. The van der Waals surface area contributed by atoms with Crippen LogP contribution in [0.3, 0.4) is 0 Å². The molecule has 0 saturated heterocycles. The monoisotopic (exact) mass is 592 g/mol. The van der Waals surface area contributed by atoms with Crippen molar-refractivity contribution in [3.63, 3.8) is 0 Å². The maximum absolute atomic E-state index is 13.1. The van der Waals surface area contributed by atoms with Gasteiger partial charge in [0, 0.05) is 32.8 Å². The highest BCUT2D eigenvalue weighted by atomic mass is 32.2. The summed E-state index contributed by atoms with van der Waals surface area (Å²) in [6, 6.07) is 10.3.